The van der Waals surface area contributed by atoms with Crippen molar-refractivity contribution in [3.63, 3.8) is 0 Å². The molecule has 2 aromatic rings. The molecule has 2 aromatic carbocycles. The first-order valence-corrected chi connectivity index (χ1v) is 12.9. The first-order valence-electron chi connectivity index (χ1n) is 12.9. The lowest BCUT2D eigenvalue weighted by Gasteiger charge is -2.29. The Hall–Kier alpha value is -2.33. The van der Waals surface area contributed by atoms with Crippen LogP contribution < -0.4 is 4.74 Å². The van der Waals surface area contributed by atoms with Crippen molar-refractivity contribution >= 4 is 5.97 Å². The van der Waals surface area contributed by atoms with Crippen LogP contribution in [0, 0.1) is 5.92 Å². The molecule has 1 saturated carbocycles. The Morgan fingerprint density at radius 1 is 1.00 bits per heavy atom. The normalized spacial score (nSPS) is 23.2. The number of hydrogen-bond acceptors (Lipinski definition) is 3. The van der Waals surface area contributed by atoms with Crippen LogP contribution in [0.25, 0.3) is 11.1 Å². The molecule has 1 atom stereocenters. The summed E-state index contributed by atoms with van der Waals surface area (Å²) < 4.78 is 11.7. The van der Waals surface area contributed by atoms with Crippen molar-refractivity contribution in [2.24, 2.45) is 5.92 Å². The summed E-state index contributed by atoms with van der Waals surface area (Å²) in [6.45, 7) is 2.99. The molecule has 178 valence electrons. The molecule has 1 aliphatic heterocycles. The molecule has 1 unspecified atom stereocenters. The maximum Gasteiger partial charge on any atom is 0.336 e. The third-order valence-corrected chi connectivity index (χ3v) is 7.38. The number of rotatable bonds is 9. The van der Waals surface area contributed by atoms with Gasteiger partial charge in [-0.25, -0.2) is 4.79 Å². The Morgan fingerprint density at radius 3 is 2.45 bits per heavy atom. The number of carboxylic acids is 1. The van der Waals surface area contributed by atoms with Crippen LogP contribution in [0.15, 0.2) is 42.5 Å². The second kappa shape index (κ2) is 11.7. The highest BCUT2D eigenvalue weighted by atomic mass is 16.7. The van der Waals surface area contributed by atoms with Gasteiger partial charge in [-0.05, 0) is 85.3 Å². The zero-order valence-corrected chi connectivity index (χ0v) is 19.9. The molecule has 0 spiro atoms. The first kappa shape index (κ1) is 23.8. The van der Waals surface area contributed by atoms with E-state index in [1.807, 2.05) is 6.07 Å². The average Bonchev–Trinajstić information content (AvgIpc) is 2.85. The summed E-state index contributed by atoms with van der Waals surface area (Å²) in [4.78, 5) is 11.9. The van der Waals surface area contributed by atoms with E-state index in [2.05, 4.69) is 31.2 Å². The molecule has 0 amide bonds. The molecule has 1 saturated heterocycles. The van der Waals surface area contributed by atoms with E-state index >= 15 is 0 Å². The van der Waals surface area contributed by atoms with Gasteiger partial charge >= 0.3 is 5.97 Å². The number of ether oxygens (including phenoxy) is 2. The predicted molar refractivity (Wildman–Crippen MR) is 132 cm³/mol. The van der Waals surface area contributed by atoms with E-state index in [1.165, 1.54) is 56.9 Å². The Morgan fingerprint density at radius 2 is 1.79 bits per heavy atom. The van der Waals surface area contributed by atoms with Crippen LogP contribution in [0.2, 0.25) is 0 Å². The topological polar surface area (TPSA) is 55.8 Å². The second-order valence-corrected chi connectivity index (χ2v) is 9.76. The van der Waals surface area contributed by atoms with Gasteiger partial charge in [0, 0.05) is 6.42 Å². The molecular formula is C29H38O4. The van der Waals surface area contributed by atoms with Crippen LogP contribution in [0.5, 0.6) is 5.75 Å². The molecule has 1 heterocycles. The van der Waals surface area contributed by atoms with Crippen LogP contribution in [0.3, 0.4) is 0 Å². The van der Waals surface area contributed by atoms with Crippen molar-refractivity contribution in [2.45, 2.75) is 89.8 Å². The van der Waals surface area contributed by atoms with Gasteiger partial charge in [0.25, 0.3) is 0 Å². The molecule has 0 bridgehead atoms. The van der Waals surface area contributed by atoms with Gasteiger partial charge in [-0.2, -0.15) is 0 Å². The fraction of sp³-hybridized carbons (Fsp3) is 0.552. The highest BCUT2D eigenvalue weighted by molar-refractivity contribution is 5.96. The number of unbranched alkanes of at least 4 members (excludes halogenated alkanes) is 2. The van der Waals surface area contributed by atoms with Crippen molar-refractivity contribution in [1.29, 1.82) is 0 Å². The first-order chi connectivity index (χ1) is 16.1. The van der Waals surface area contributed by atoms with Crippen LogP contribution in [-0.2, 0) is 4.74 Å². The maximum atomic E-state index is 11.9. The van der Waals surface area contributed by atoms with Crippen LogP contribution in [0.4, 0.5) is 0 Å². The fourth-order valence-electron chi connectivity index (χ4n) is 5.38. The Balaban J connectivity index is 1.44. The van der Waals surface area contributed by atoms with E-state index in [0.29, 0.717) is 29.4 Å². The second-order valence-electron chi connectivity index (χ2n) is 9.76. The van der Waals surface area contributed by atoms with E-state index in [0.717, 1.165) is 30.7 Å². The molecule has 4 nitrogen and oxygen atoms in total. The van der Waals surface area contributed by atoms with E-state index in [4.69, 9.17) is 9.47 Å². The van der Waals surface area contributed by atoms with Gasteiger partial charge in [0.2, 0.25) is 0 Å². The molecule has 2 fully saturated rings. The fourth-order valence-corrected chi connectivity index (χ4v) is 5.38. The molecule has 0 aromatic heterocycles. The van der Waals surface area contributed by atoms with Gasteiger partial charge in [-0.1, -0.05) is 56.9 Å². The smallest absolute Gasteiger partial charge is 0.336 e. The largest absolute Gasteiger partial charge is 0.478 e. The third kappa shape index (κ3) is 6.38. The van der Waals surface area contributed by atoms with Gasteiger partial charge < -0.3 is 14.6 Å². The molecule has 1 aliphatic carbocycles. The molecule has 4 heteroatoms. The Labute approximate surface area is 198 Å². The monoisotopic (exact) mass is 450 g/mol. The molecule has 33 heavy (non-hydrogen) atoms. The zero-order chi connectivity index (χ0) is 23.0. The summed E-state index contributed by atoms with van der Waals surface area (Å²) in [5, 5.41) is 9.73. The minimum absolute atomic E-state index is 0.248. The van der Waals surface area contributed by atoms with Crippen molar-refractivity contribution in [3.8, 4) is 16.9 Å². The molecular weight excluding hydrogens is 412 g/mol. The number of carboxylic acid groups (broad SMARTS) is 1. The summed E-state index contributed by atoms with van der Waals surface area (Å²) in [5.41, 5.74) is 3.29. The SMILES string of the molecule is CCCCC[C@H]1CC[C@H](c2ccc(-c3cc(OC4CCCCO4)ccc3C(=O)O)cc2)CC1. The van der Waals surface area contributed by atoms with Gasteiger partial charge in [0.05, 0.1) is 12.2 Å². The number of aromatic carboxylic acids is 1. The summed E-state index contributed by atoms with van der Waals surface area (Å²) in [7, 11) is 0. The van der Waals surface area contributed by atoms with Crippen molar-refractivity contribution in [1.82, 2.24) is 0 Å². The average molecular weight is 451 g/mol. The number of hydrogen-bond donors (Lipinski definition) is 1. The van der Waals surface area contributed by atoms with Crippen molar-refractivity contribution in [3.05, 3.63) is 53.6 Å². The van der Waals surface area contributed by atoms with Gasteiger partial charge in [-0.3, -0.25) is 0 Å². The standard InChI is InChI=1S/C29H38O4/c1-2-3-4-7-21-9-11-22(12-10-21)23-13-15-24(16-14-23)27-20-25(17-18-26(27)29(30)31)33-28-8-5-6-19-32-28/h13-18,20-22,28H,2-12,19H2,1H3,(H,30,31)/t21-,22-,28?. The van der Waals surface area contributed by atoms with Gasteiger partial charge in [-0.15, -0.1) is 0 Å². The zero-order valence-electron chi connectivity index (χ0n) is 19.9. The molecule has 4 rings (SSSR count). The lowest BCUT2D eigenvalue weighted by atomic mass is 9.77. The van der Waals surface area contributed by atoms with Crippen LogP contribution in [-0.4, -0.2) is 24.0 Å². The third-order valence-electron chi connectivity index (χ3n) is 7.38. The van der Waals surface area contributed by atoms with E-state index in [-0.39, 0.29) is 6.29 Å². The number of carbonyl (C=O) groups is 1. The van der Waals surface area contributed by atoms with Crippen LogP contribution >= 0.6 is 0 Å². The quantitative estimate of drug-likeness (QED) is 0.396. The maximum absolute atomic E-state index is 11.9. The number of benzene rings is 2. The highest BCUT2D eigenvalue weighted by Gasteiger charge is 2.23. The van der Waals surface area contributed by atoms with Gasteiger partial charge in [0.15, 0.2) is 6.29 Å². The van der Waals surface area contributed by atoms with E-state index in [1.54, 1.807) is 12.1 Å². The summed E-state index contributed by atoms with van der Waals surface area (Å²) >= 11 is 0. The summed E-state index contributed by atoms with van der Waals surface area (Å²) in [6, 6.07) is 13.8. The van der Waals surface area contributed by atoms with Gasteiger partial charge in [0.1, 0.15) is 5.75 Å². The molecule has 0 radical (unpaired) electrons. The Bertz CT molecular complexity index is 890. The van der Waals surface area contributed by atoms with Crippen molar-refractivity contribution < 1.29 is 19.4 Å². The molecule has 2 aliphatic rings. The van der Waals surface area contributed by atoms with E-state index in [9.17, 15) is 9.90 Å². The van der Waals surface area contributed by atoms with Crippen LogP contribution in [0.1, 0.15) is 99.4 Å². The van der Waals surface area contributed by atoms with Crippen molar-refractivity contribution in [2.75, 3.05) is 6.61 Å². The lowest BCUT2D eigenvalue weighted by molar-refractivity contribution is -0.105. The predicted octanol–water partition coefficient (Wildman–Crippen LogP) is 7.81. The highest BCUT2D eigenvalue weighted by Crippen LogP contribution is 2.39. The van der Waals surface area contributed by atoms with E-state index < -0.39 is 5.97 Å². The minimum atomic E-state index is -0.920. The molecule has 1 N–H and O–H groups in total. The lowest BCUT2D eigenvalue weighted by Crippen LogP contribution is -2.25. The summed E-state index contributed by atoms with van der Waals surface area (Å²) in [5.74, 6) is 1.27. The Kier molecular flexibility index (Phi) is 8.44. The summed E-state index contributed by atoms with van der Waals surface area (Å²) in [6.07, 6.45) is 13.4. The minimum Gasteiger partial charge on any atom is -0.478 e.